The van der Waals surface area contributed by atoms with Crippen molar-refractivity contribution in [3.63, 3.8) is 0 Å². The first-order valence-electron chi connectivity index (χ1n) is 41.2. The minimum absolute atomic E-state index is 0. The van der Waals surface area contributed by atoms with Crippen LogP contribution in [0.2, 0.25) is 0 Å². The highest BCUT2D eigenvalue weighted by Crippen LogP contribution is 2.72. The molecule has 2 heterocycles. The highest BCUT2D eigenvalue weighted by molar-refractivity contribution is 5.90. The fourth-order valence-corrected chi connectivity index (χ4v) is 23.2. The first-order chi connectivity index (χ1) is 50.0. The van der Waals surface area contributed by atoms with Gasteiger partial charge < -0.3 is 33.3 Å². The monoisotopic (exact) mass is 1450 g/mol. The van der Waals surface area contributed by atoms with E-state index in [0.717, 1.165) is 117 Å². The topological polar surface area (TPSA) is 121 Å². The molecular formula is C97H140O9. The van der Waals surface area contributed by atoms with E-state index in [1.165, 1.54) is 119 Å². The lowest BCUT2D eigenvalue weighted by atomic mass is 9.53. The van der Waals surface area contributed by atoms with E-state index in [0.29, 0.717) is 65.6 Å². The predicted molar refractivity (Wildman–Crippen MR) is 437 cm³/mol. The second-order valence-corrected chi connectivity index (χ2v) is 34.2. The van der Waals surface area contributed by atoms with E-state index in [9.17, 15) is 19.2 Å². The van der Waals surface area contributed by atoms with Crippen LogP contribution in [0.15, 0.2) is 89.5 Å². The molecule has 9 heteroatoms. The molecule has 0 bridgehead atoms. The third-order valence-corrected chi connectivity index (χ3v) is 29.1. The van der Waals surface area contributed by atoms with E-state index in [2.05, 4.69) is 159 Å². The number of aryl methyl sites for hydroxylation is 3. The van der Waals surface area contributed by atoms with Crippen LogP contribution in [0.3, 0.4) is 0 Å². The predicted octanol–water partition coefficient (Wildman–Crippen LogP) is 23.3. The molecule has 5 saturated carbocycles. The molecule has 3 aromatic carbocycles. The van der Waals surface area contributed by atoms with Gasteiger partial charge in [-0.1, -0.05) is 136 Å². The standard InChI is InChI=1S/C21H26O3.C21H26O2.C21H28O.C8H12O2.C8H12O.2C8H14.2CH4/c1-12(22)21-19(24-21)11-18-17-6-4-13-10-14(23-3)5-7-15(13)16(17)8-9-20(18,21)2;1-4-11-21(2)12-9-18-17-8-6-16(23-3)14-15(17)5-7-19(18)20(21)10-13-22;1-4-15-6-10-20-19-8-5-14-13-16(22-3)7-9-17(14)18(19)11-12-21(15,20)2;1-5-3-4-7-8(5,10-7)6(2)9;1-3-5-8(2)6-4-7-9;2*1-3-8-6-4-5-7(8)2;;/h5,7,10,16-19H,4,6,8-9,11H2,1-3H3;6,8,13-14,18-20H,5,7,9-10,12H2,1-3H3;6-7,9,13,18-20H,4-5,8,10-12H2,1-3H3;5,7H,3-4H2,1-2H3;7-8H,4,6H2,1-2H3;2*6-7H,3-5H2,1-2H3;2*1H4/t16?,17?,18?,19?,20-,21+;2*18?,19?,20?,21-;5-,7-,8-;8-;2*7-;;/m0011011../s1. The number of fused-ring (bicyclic) bond motifs is 16. The van der Waals surface area contributed by atoms with Gasteiger partial charge in [-0.2, -0.15) is 0 Å². The molecule has 0 N–H and O–H groups in total. The van der Waals surface area contributed by atoms with Crippen molar-refractivity contribution in [2.75, 3.05) is 21.3 Å². The second kappa shape index (κ2) is 37.1. The maximum Gasteiger partial charge on any atom is 0.164 e. The molecule has 7 fully saturated rings. The number of Topliss-reactive ketones (excluding diaryl/α,β-unsaturated/α-hetero) is 2. The molecular weight excluding hydrogens is 1310 g/mol. The average molecular weight is 1450 g/mol. The van der Waals surface area contributed by atoms with Crippen LogP contribution in [0, 0.1) is 99.1 Å². The van der Waals surface area contributed by atoms with Gasteiger partial charge in [-0.05, 0) is 335 Å². The SMILES string of the molecule is C.C.CC#C[C@@]1(C)CCC2c3ccc(OC)cc3CCC2C1CC=O.CC#C[C@H](C)CCC=O.CC(=O)[C@@]12O[C@@H]1CC[C@H]2C.CCC1=CCC2C3CCc4cc(OC)ccc4C3CC[C@]12C.CCC1=CCC[C@H]1C.CCC1=CCC[C@H]1C.COc1ccc2c(c1)CCC1C2CC[C@@]2(C)C1CC1O[C@]12C(C)=O. The Kier molecular flexibility index (Phi) is 30.0. The summed E-state index contributed by atoms with van der Waals surface area (Å²) in [6, 6.07) is 20.0. The van der Waals surface area contributed by atoms with Gasteiger partial charge in [0.1, 0.15) is 29.8 Å². The van der Waals surface area contributed by atoms with E-state index < -0.39 is 5.60 Å². The van der Waals surface area contributed by atoms with Gasteiger partial charge in [0.05, 0.1) is 33.5 Å². The molecule has 10 unspecified atom stereocenters. The van der Waals surface area contributed by atoms with Crippen LogP contribution < -0.4 is 14.2 Å². The fourth-order valence-electron chi connectivity index (χ4n) is 23.2. The Morgan fingerprint density at radius 3 is 1.50 bits per heavy atom. The summed E-state index contributed by atoms with van der Waals surface area (Å²) in [6.45, 7) is 29.9. The quantitative estimate of drug-likeness (QED) is 0.0713. The average Bonchev–Trinajstić information content (AvgIpc) is 1.49. The van der Waals surface area contributed by atoms with Crippen molar-refractivity contribution in [3.8, 4) is 40.9 Å². The number of allylic oxidation sites excluding steroid dienone is 6. The molecule has 0 aromatic heterocycles. The van der Waals surface area contributed by atoms with Gasteiger partial charge >= 0.3 is 0 Å². The number of ether oxygens (including phenoxy) is 5. The third kappa shape index (κ3) is 17.3. The number of rotatable bonds is 13. The lowest BCUT2D eigenvalue weighted by molar-refractivity contribution is -0.131. The first kappa shape index (κ1) is 85.6. The number of hydrogen-bond donors (Lipinski definition) is 0. The fraction of sp³-hybridized carbons (Fsp3) is 0.670. The molecule has 582 valence electrons. The van der Waals surface area contributed by atoms with Gasteiger partial charge in [0, 0.05) is 29.6 Å². The number of methoxy groups -OCH3 is 3. The Morgan fingerprint density at radius 1 is 0.585 bits per heavy atom. The highest BCUT2D eigenvalue weighted by Gasteiger charge is 2.79. The molecule has 0 spiro atoms. The van der Waals surface area contributed by atoms with Gasteiger partial charge in [0.2, 0.25) is 0 Å². The van der Waals surface area contributed by atoms with Crippen LogP contribution >= 0.6 is 0 Å². The molecule has 2 saturated heterocycles. The minimum Gasteiger partial charge on any atom is -0.497 e. The van der Waals surface area contributed by atoms with Crippen LogP contribution in [0.1, 0.15) is 311 Å². The van der Waals surface area contributed by atoms with Crippen molar-refractivity contribution in [2.24, 2.45) is 75.4 Å². The lowest BCUT2D eigenvalue weighted by Gasteiger charge is -2.51. The van der Waals surface area contributed by atoms with Crippen LogP contribution in [0.25, 0.3) is 0 Å². The molecule has 2 aliphatic heterocycles. The summed E-state index contributed by atoms with van der Waals surface area (Å²) in [4.78, 5) is 44.6. The van der Waals surface area contributed by atoms with Crippen molar-refractivity contribution in [2.45, 2.75) is 320 Å². The van der Waals surface area contributed by atoms with Gasteiger partial charge in [0.15, 0.2) is 22.8 Å². The number of carbonyl (C=O) groups is 4. The van der Waals surface area contributed by atoms with Crippen LogP contribution in [-0.4, -0.2) is 68.9 Å². The first-order valence-corrected chi connectivity index (χ1v) is 41.2. The van der Waals surface area contributed by atoms with Gasteiger partial charge in [-0.3, -0.25) is 9.59 Å². The van der Waals surface area contributed by atoms with Crippen molar-refractivity contribution in [1.29, 1.82) is 0 Å². The summed E-state index contributed by atoms with van der Waals surface area (Å²) < 4.78 is 27.6. The smallest absolute Gasteiger partial charge is 0.164 e. The van der Waals surface area contributed by atoms with Crippen LogP contribution in [0.5, 0.6) is 17.2 Å². The Labute approximate surface area is 643 Å². The van der Waals surface area contributed by atoms with Gasteiger partial charge in [-0.15, -0.1) is 17.8 Å². The zero-order chi connectivity index (χ0) is 74.9. The molecule has 106 heavy (non-hydrogen) atoms. The molecule has 3 aromatic rings. The second-order valence-electron chi connectivity index (χ2n) is 34.2. The molecule has 9 nitrogen and oxygen atoms in total. The normalized spacial score (nSPS) is 34.6. The van der Waals surface area contributed by atoms with E-state index in [-0.39, 0.29) is 55.1 Å². The number of aldehydes is 2. The van der Waals surface area contributed by atoms with Crippen LogP contribution in [-0.2, 0) is 47.9 Å². The Morgan fingerprint density at radius 2 is 1.09 bits per heavy atom. The van der Waals surface area contributed by atoms with Crippen molar-refractivity contribution in [3.05, 3.63) is 123 Å². The number of epoxide rings is 2. The summed E-state index contributed by atoms with van der Waals surface area (Å²) >= 11 is 0. The van der Waals surface area contributed by atoms with Crippen molar-refractivity contribution in [1.82, 2.24) is 0 Å². The van der Waals surface area contributed by atoms with Crippen molar-refractivity contribution < 1.29 is 42.9 Å². The lowest BCUT2D eigenvalue weighted by Crippen LogP contribution is -2.49. The van der Waals surface area contributed by atoms with Gasteiger partial charge in [0.25, 0.3) is 0 Å². The number of carbonyl (C=O) groups excluding carboxylic acids is 4. The molecule has 11 aliphatic carbocycles. The van der Waals surface area contributed by atoms with Crippen LogP contribution in [0.4, 0.5) is 0 Å². The molecule has 0 amide bonds. The van der Waals surface area contributed by atoms with Gasteiger partial charge in [-0.25, -0.2) is 0 Å². The largest absolute Gasteiger partial charge is 0.497 e. The molecule has 0 radical (unpaired) electrons. The van der Waals surface area contributed by atoms with E-state index >= 15 is 0 Å². The molecule has 16 rings (SSSR count). The summed E-state index contributed by atoms with van der Waals surface area (Å²) in [5.74, 6) is 24.4. The molecule has 20 atom stereocenters. The molecule has 13 aliphatic rings. The maximum atomic E-state index is 12.4. The summed E-state index contributed by atoms with van der Waals surface area (Å²) in [7, 11) is 5.24. The number of benzene rings is 3. The maximum absolute atomic E-state index is 12.4. The van der Waals surface area contributed by atoms with E-state index in [4.69, 9.17) is 23.7 Å². The van der Waals surface area contributed by atoms with E-state index in [1.54, 1.807) is 63.0 Å². The zero-order valence-electron chi connectivity index (χ0n) is 67.3. The van der Waals surface area contributed by atoms with E-state index in [1.807, 2.05) is 20.8 Å². The van der Waals surface area contributed by atoms with Crippen molar-refractivity contribution >= 4 is 24.1 Å². The Bertz CT molecular complexity index is 3700. The Hall–Kier alpha value is -6.00. The minimum atomic E-state index is -0.442. The summed E-state index contributed by atoms with van der Waals surface area (Å²) in [5.41, 5.74) is 14.0. The highest BCUT2D eigenvalue weighted by atomic mass is 16.6. The third-order valence-electron chi connectivity index (χ3n) is 29.1. The number of ketones is 2. The summed E-state index contributed by atoms with van der Waals surface area (Å²) in [6.07, 6.45) is 40.4. The summed E-state index contributed by atoms with van der Waals surface area (Å²) in [5, 5.41) is 0. The number of hydrogen-bond acceptors (Lipinski definition) is 9. The Balaban J connectivity index is 0.000000163. The zero-order valence-corrected chi connectivity index (χ0v) is 67.3.